The molecule has 3 nitrogen and oxygen atoms in total. The summed E-state index contributed by atoms with van der Waals surface area (Å²) in [5.74, 6) is 0.413. The summed E-state index contributed by atoms with van der Waals surface area (Å²) in [5, 5.41) is 11.6. The number of benzene rings is 2. The maximum Gasteiger partial charge on any atom is 0.0653 e. The Labute approximate surface area is 119 Å². The van der Waals surface area contributed by atoms with E-state index in [1.165, 1.54) is 11.1 Å². The number of hydrogen-bond donors (Lipinski definition) is 2. The Morgan fingerprint density at radius 2 is 1.95 bits per heavy atom. The van der Waals surface area contributed by atoms with E-state index in [1.54, 1.807) is 0 Å². The molecule has 0 fully saturated rings. The molecule has 1 unspecified atom stereocenters. The molecule has 1 heterocycles. The number of aromatic amines is 1. The largest absolute Gasteiger partial charge is 0.320 e. The van der Waals surface area contributed by atoms with Gasteiger partial charge in [0.05, 0.1) is 11.7 Å². The number of nitrogens with one attached hydrogen (secondary N) is 2. The van der Waals surface area contributed by atoms with Crippen molar-refractivity contribution in [1.82, 2.24) is 15.5 Å². The minimum Gasteiger partial charge on any atom is -0.320 e. The monoisotopic (exact) mass is 265 g/mol. The summed E-state index contributed by atoms with van der Waals surface area (Å²) in [7, 11) is 2.00. The molecule has 0 saturated carbocycles. The van der Waals surface area contributed by atoms with Crippen molar-refractivity contribution in [2.75, 3.05) is 13.6 Å². The zero-order valence-corrected chi connectivity index (χ0v) is 11.6. The molecule has 0 amide bonds. The van der Waals surface area contributed by atoms with Gasteiger partial charge in [-0.15, -0.1) is 0 Å². The summed E-state index contributed by atoms with van der Waals surface area (Å²) in [6.45, 7) is 1.00. The van der Waals surface area contributed by atoms with Crippen LogP contribution in [-0.4, -0.2) is 23.8 Å². The fourth-order valence-corrected chi connectivity index (χ4v) is 2.67. The lowest BCUT2D eigenvalue weighted by molar-refractivity contribution is 0.662. The third kappa shape index (κ3) is 2.58. The van der Waals surface area contributed by atoms with E-state index in [4.69, 9.17) is 0 Å². The van der Waals surface area contributed by atoms with Crippen LogP contribution in [0.3, 0.4) is 0 Å². The Bertz CT molecular complexity index is 673. The first-order valence-corrected chi connectivity index (χ1v) is 7.01. The van der Waals surface area contributed by atoms with Crippen LogP contribution >= 0.6 is 0 Å². The van der Waals surface area contributed by atoms with Gasteiger partial charge >= 0.3 is 0 Å². The molecule has 2 N–H and O–H groups in total. The van der Waals surface area contributed by atoms with Crippen LogP contribution in [0, 0.1) is 0 Å². The van der Waals surface area contributed by atoms with E-state index in [0.29, 0.717) is 5.92 Å². The van der Waals surface area contributed by atoms with Crippen molar-refractivity contribution < 1.29 is 0 Å². The molecule has 3 aromatic rings. The van der Waals surface area contributed by atoms with Gasteiger partial charge in [-0.05, 0) is 37.2 Å². The van der Waals surface area contributed by atoms with Crippen LogP contribution in [0.1, 0.15) is 23.5 Å². The van der Waals surface area contributed by atoms with Crippen LogP contribution in [0.2, 0.25) is 0 Å². The van der Waals surface area contributed by atoms with Gasteiger partial charge in [-0.25, -0.2) is 0 Å². The lowest BCUT2D eigenvalue weighted by Gasteiger charge is -2.18. The minimum absolute atomic E-state index is 0.413. The second-order valence-corrected chi connectivity index (χ2v) is 5.07. The molecule has 2 aromatic carbocycles. The molecular formula is C17H19N3. The quantitative estimate of drug-likeness (QED) is 0.743. The van der Waals surface area contributed by atoms with Crippen molar-refractivity contribution in [3.05, 3.63) is 65.9 Å². The molecule has 20 heavy (non-hydrogen) atoms. The third-order valence-electron chi connectivity index (χ3n) is 3.75. The average Bonchev–Trinajstić information content (AvgIpc) is 2.96. The van der Waals surface area contributed by atoms with E-state index < -0.39 is 0 Å². The Balaban J connectivity index is 1.99. The van der Waals surface area contributed by atoms with Crippen LogP contribution < -0.4 is 5.32 Å². The molecule has 0 aliphatic rings. The number of aromatic nitrogens is 2. The van der Waals surface area contributed by atoms with E-state index in [2.05, 4.69) is 64.0 Å². The van der Waals surface area contributed by atoms with Gasteiger partial charge in [0.2, 0.25) is 0 Å². The maximum atomic E-state index is 4.10. The van der Waals surface area contributed by atoms with Gasteiger partial charge in [0, 0.05) is 11.3 Å². The maximum absolute atomic E-state index is 4.10. The molecule has 0 spiro atoms. The van der Waals surface area contributed by atoms with Crippen molar-refractivity contribution in [2.24, 2.45) is 0 Å². The number of hydrogen-bond acceptors (Lipinski definition) is 2. The summed E-state index contributed by atoms with van der Waals surface area (Å²) in [6, 6.07) is 17.3. The summed E-state index contributed by atoms with van der Waals surface area (Å²) < 4.78 is 0. The average molecular weight is 265 g/mol. The van der Waals surface area contributed by atoms with Gasteiger partial charge < -0.3 is 5.32 Å². The molecule has 1 aromatic heterocycles. The normalized spacial score (nSPS) is 12.7. The lowest BCUT2D eigenvalue weighted by atomic mass is 9.88. The van der Waals surface area contributed by atoms with Gasteiger partial charge in [0.15, 0.2) is 0 Å². The van der Waals surface area contributed by atoms with E-state index in [-0.39, 0.29) is 0 Å². The number of rotatable bonds is 5. The summed E-state index contributed by atoms with van der Waals surface area (Å²) >= 11 is 0. The molecule has 3 heteroatoms. The van der Waals surface area contributed by atoms with Gasteiger partial charge in [-0.2, -0.15) is 5.10 Å². The standard InChI is InChI=1S/C17H19N3/c1-18-10-9-16(13-5-3-2-4-6-13)14-7-8-15-12-19-20-17(15)11-14/h2-8,11-12,16,18H,9-10H2,1H3,(H,19,20). The van der Waals surface area contributed by atoms with Crippen LogP contribution in [0.5, 0.6) is 0 Å². The van der Waals surface area contributed by atoms with Gasteiger partial charge in [0.25, 0.3) is 0 Å². The second kappa shape index (κ2) is 5.88. The highest BCUT2D eigenvalue weighted by atomic mass is 15.1. The van der Waals surface area contributed by atoms with E-state index in [0.717, 1.165) is 23.9 Å². The first-order chi connectivity index (χ1) is 9.88. The van der Waals surface area contributed by atoms with Crippen LogP contribution in [0.15, 0.2) is 54.7 Å². The fourth-order valence-electron chi connectivity index (χ4n) is 2.67. The number of nitrogens with zero attached hydrogens (tertiary/aromatic N) is 1. The van der Waals surface area contributed by atoms with Crippen molar-refractivity contribution >= 4 is 10.9 Å². The Kier molecular flexibility index (Phi) is 3.79. The summed E-state index contributed by atoms with van der Waals surface area (Å²) in [6.07, 6.45) is 2.95. The first kappa shape index (κ1) is 12.9. The lowest BCUT2D eigenvalue weighted by Crippen LogP contribution is -2.13. The molecule has 102 valence electrons. The third-order valence-corrected chi connectivity index (χ3v) is 3.75. The Morgan fingerprint density at radius 3 is 2.75 bits per heavy atom. The van der Waals surface area contributed by atoms with Crippen molar-refractivity contribution in [1.29, 1.82) is 0 Å². The predicted octanol–water partition coefficient (Wildman–Crippen LogP) is 3.30. The molecule has 0 saturated heterocycles. The second-order valence-electron chi connectivity index (χ2n) is 5.07. The van der Waals surface area contributed by atoms with E-state index in [1.807, 2.05) is 13.2 Å². The van der Waals surface area contributed by atoms with Crippen LogP contribution in [0.25, 0.3) is 10.9 Å². The van der Waals surface area contributed by atoms with Crippen LogP contribution in [-0.2, 0) is 0 Å². The Morgan fingerprint density at radius 1 is 1.10 bits per heavy atom. The summed E-state index contributed by atoms with van der Waals surface area (Å²) in [4.78, 5) is 0. The highest BCUT2D eigenvalue weighted by Crippen LogP contribution is 2.29. The van der Waals surface area contributed by atoms with Crippen molar-refractivity contribution in [3.63, 3.8) is 0 Å². The highest BCUT2D eigenvalue weighted by molar-refractivity contribution is 5.78. The molecule has 1 atom stereocenters. The minimum atomic E-state index is 0.413. The zero-order chi connectivity index (χ0) is 13.8. The number of fused-ring (bicyclic) bond motifs is 1. The fraction of sp³-hybridized carbons (Fsp3) is 0.235. The number of H-pyrrole nitrogens is 1. The van der Waals surface area contributed by atoms with E-state index in [9.17, 15) is 0 Å². The molecular weight excluding hydrogens is 246 g/mol. The Hall–Kier alpha value is -2.13. The van der Waals surface area contributed by atoms with E-state index >= 15 is 0 Å². The van der Waals surface area contributed by atoms with Gasteiger partial charge in [0.1, 0.15) is 0 Å². The van der Waals surface area contributed by atoms with Gasteiger partial charge in [-0.1, -0.05) is 42.5 Å². The van der Waals surface area contributed by atoms with Crippen molar-refractivity contribution in [2.45, 2.75) is 12.3 Å². The zero-order valence-electron chi connectivity index (χ0n) is 11.6. The first-order valence-electron chi connectivity index (χ1n) is 7.01. The topological polar surface area (TPSA) is 40.7 Å². The molecule has 0 radical (unpaired) electrons. The van der Waals surface area contributed by atoms with Gasteiger partial charge in [-0.3, -0.25) is 5.10 Å². The predicted molar refractivity (Wildman–Crippen MR) is 82.9 cm³/mol. The summed E-state index contributed by atoms with van der Waals surface area (Å²) in [5.41, 5.74) is 3.80. The van der Waals surface area contributed by atoms with Crippen molar-refractivity contribution in [3.8, 4) is 0 Å². The molecule has 0 aliphatic heterocycles. The SMILES string of the molecule is CNCCC(c1ccccc1)c1ccc2cn[nH]c2c1. The molecule has 0 aliphatic carbocycles. The highest BCUT2D eigenvalue weighted by Gasteiger charge is 2.14. The molecule has 3 rings (SSSR count). The van der Waals surface area contributed by atoms with Crippen LogP contribution in [0.4, 0.5) is 0 Å². The molecule has 0 bridgehead atoms. The smallest absolute Gasteiger partial charge is 0.0653 e.